The van der Waals surface area contributed by atoms with Gasteiger partial charge in [-0.15, -0.1) is 10.2 Å². The van der Waals surface area contributed by atoms with Crippen molar-refractivity contribution in [2.75, 3.05) is 23.7 Å². The van der Waals surface area contributed by atoms with E-state index < -0.39 is 15.0 Å². The number of benzene rings is 1. The third-order valence-electron chi connectivity index (χ3n) is 3.85. The monoisotopic (exact) mass is 469 g/mol. The molecule has 0 amide bonds. The van der Waals surface area contributed by atoms with E-state index in [1.54, 1.807) is 12.1 Å². The molecule has 1 heterocycles. The fourth-order valence-electron chi connectivity index (χ4n) is 2.52. The van der Waals surface area contributed by atoms with Gasteiger partial charge in [0.25, 0.3) is 15.8 Å². The van der Waals surface area contributed by atoms with Crippen LogP contribution in [0.3, 0.4) is 0 Å². The number of nitrogens with zero attached hydrogens (tertiary/aromatic N) is 5. The van der Waals surface area contributed by atoms with E-state index in [9.17, 15) is 23.6 Å². The first-order valence-electron chi connectivity index (χ1n) is 8.75. The second-order valence-electron chi connectivity index (χ2n) is 6.13. The molecule has 0 aliphatic carbocycles. The van der Waals surface area contributed by atoms with Crippen molar-refractivity contribution >= 4 is 92.1 Å². The molecule has 2 radical (unpaired) electrons. The van der Waals surface area contributed by atoms with Crippen LogP contribution in [-0.4, -0.2) is 106 Å². The van der Waals surface area contributed by atoms with Crippen molar-refractivity contribution in [2.24, 2.45) is 10.2 Å². The summed E-state index contributed by atoms with van der Waals surface area (Å²) in [5.74, 6) is -0.325. The molecule has 11 nitrogen and oxygen atoms in total. The first kappa shape index (κ1) is 29.9. The van der Waals surface area contributed by atoms with Crippen LogP contribution in [0.2, 0.25) is 0 Å². The minimum absolute atomic E-state index is 0. The second kappa shape index (κ2) is 14.1. The van der Waals surface area contributed by atoms with Gasteiger partial charge in [0, 0.05) is 90.0 Å². The molecular formula is C17H21N5Na2O6S. The number of hydrogen-bond donors (Lipinski definition) is 2. The van der Waals surface area contributed by atoms with Crippen LogP contribution in [0.15, 0.2) is 46.8 Å². The number of azo groups is 1. The van der Waals surface area contributed by atoms with Crippen molar-refractivity contribution in [3.8, 4) is 5.75 Å². The molecule has 0 atom stereocenters. The number of nitro groups is 1. The minimum atomic E-state index is -4.02. The number of aromatic nitrogens is 1. The third-order valence-corrected chi connectivity index (χ3v) is 4.66. The molecule has 0 spiro atoms. The summed E-state index contributed by atoms with van der Waals surface area (Å²) in [5, 5.41) is 28.6. The summed E-state index contributed by atoms with van der Waals surface area (Å²) in [5.41, 5.74) is 0.691. The smallest absolute Gasteiger partial charge is 0.287 e. The number of phenols is 1. The average Bonchev–Trinajstić information content (AvgIpc) is 2.65. The third kappa shape index (κ3) is 10.4. The number of phenolic OH excluding ortho intramolecular Hbond substituents is 1. The van der Waals surface area contributed by atoms with Crippen molar-refractivity contribution in [2.45, 2.75) is 19.8 Å². The predicted octanol–water partition coefficient (Wildman–Crippen LogP) is 2.84. The SMILES string of the molecule is CCCN(CCCS(=O)(=O)O)c1ccc(N=Nc2ccc([N+](=O)[O-])cn2)c(O)c1.[Na].[Na]. The van der Waals surface area contributed by atoms with Crippen molar-refractivity contribution in [1.29, 1.82) is 0 Å². The Morgan fingerprint density at radius 1 is 1.16 bits per heavy atom. The molecule has 2 N–H and O–H groups in total. The minimum Gasteiger partial charge on any atom is -0.506 e. The molecule has 0 aliphatic heterocycles. The van der Waals surface area contributed by atoms with Gasteiger partial charge in [-0.25, -0.2) is 4.98 Å². The quantitative estimate of drug-likeness (QED) is 0.177. The van der Waals surface area contributed by atoms with Gasteiger partial charge in [-0.1, -0.05) is 6.92 Å². The molecule has 0 fully saturated rings. The molecule has 0 bridgehead atoms. The summed E-state index contributed by atoms with van der Waals surface area (Å²) < 4.78 is 30.6. The summed E-state index contributed by atoms with van der Waals surface area (Å²) in [6.45, 7) is 2.99. The van der Waals surface area contributed by atoms with Crippen LogP contribution in [0.4, 0.5) is 22.9 Å². The van der Waals surface area contributed by atoms with E-state index in [0.29, 0.717) is 18.8 Å². The van der Waals surface area contributed by atoms with E-state index in [-0.39, 0.29) is 94.2 Å². The Bertz CT molecular complexity index is 989. The van der Waals surface area contributed by atoms with Crippen LogP contribution < -0.4 is 4.90 Å². The Morgan fingerprint density at radius 2 is 1.87 bits per heavy atom. The fourth-order valence-corrected chi connectivity index (χ4v) is 3.02. The van der Waals surface area contributed by atoms with Gasteiger partial charge in [0.1, 0.15) is 17.6 Å². The molecule has 14 heteroatoms. The zero-order chi connectivity index (χ0) is 21.4. The Morgan fingerprint density at radius 3 is 2.39 bits per heavy atom. The normalized spacial score (nSPS) is 10.9. The zero-order valence-electron chi connectivity index (χ0n) is 17.7. The molecule has 2 rings (SSSR count). The van der Waals surface area contributed by atoms with E-state index in [1.807, 2.05) is 11.8 Å². The van der Waals surface area contributed by atoms with Gasteiger partial charge in [0.05, 0.1) is 10.7 Å². The summed E-state index contributed by atoms with van der Waals surface area (Å²) >= 11 is 0. The van der Waals surface area contributed by atoms with E-state index >= 15 is 0 Å². The van der Waals surface area contributed by atoms with Crippen LogP contribution in [0.5, 0.6) is 5.75 Å². The molecule has 0 unspecified atom stereocenters. The Balaban J connectivity index is 0.00000450. The van der Waals surface area contributed by atoms with Crippen LogP contribution >= 0.6 is 0 Å². The summed E-state index contributed by atoms with van der Waals surface area (Å²) in [7, 11) is -4.02. The van der Waals surface area contributed by atoms with E-state index in [1.165, 1.54) is 18.2 Å². The summed E-state index contributed by atoms with van der Waals surface area (Å²) in [4.78, 5) is 15.7. The molecule has 0 saturated heterocycles. The van der Waals surface area contributed by atoms with Crippen molar-refractivity contribution in [3.05, 3.63) is 46.6 Å². The Labute approximate surface area is 224 Å². The molecule has 31 heavy (non-hydrogen) atoms. The van der Waals surface area contributed by atoms with Crippen molar-refractivity contribution < 1.29 is 23.0 Å². The van der Waals surface area contributed by atoms with Crippen LogP contribution in [-0.2, 0) is 10.1 Å². The Kier molecular flexibility index (Phi) is 13.6. The molecule has 1 aromatic heterocycles. The summed E-state index contributed by atoms with van der Waals surface area (Å²) in [6, 6.07) is 7.33. The van der Waals surface area contributed by atoms with Gasteiger partial charge in [-0.3, -0.25) is 14.7 Å². The first-order valence-corrected chi connectivity index (χ1v) is 10.4. The number of aromatic hydroxyl groups is 1. The molecule has 0 aliphatic rings. The fraction of sp³-hybridized carbons (Fsp3) is 0.353. The molecule has 0 saturated carbocycles. The van der Waals surface area contributed by atoms with E-state index in [4.69, 9.17) is 4.55 Å². The predicted molar refractivity (Wildman–Crippen MR) is 118 cm³/mol. The van der Waals surface area contributed by atoms with Crippen molar-refractivity contribution in [3.63, 3.8) is 0 Å². The molecule has 2 aromatic rings. The molecule has 1 aromatic carbocycles. The molecule has 158 valence electrons. The topological polar surface area (TPSA) is 159 Å². The van der Waals surface area contributed by atoms with Gasteiger partial charge in [-0.2, -0.15) is 8.42 Å². The second-order valence-corrected chi connectivity index (χ2v) is 7.70. The maximum Gasteiger partial charge on any atom is 0.287 e. The van der Waals surface area contributed by atoms with Crippen molar-refractivity contribution in [1.82, 2.24) is 4.98 Å². The van der Waals surface area contributed by atoms with Gasteiger partial charge in [0.15, 0.2) is 5.82 Å². The number of hydrogen-bond acceptors (Lipinski definition) is 9. The number of rotatable bonds is 10. The Hall–Kier alpha value is -1.12. The standard InChI is InChI=1S/C17H21N5O6S.2Na/c1-2-8-21(9-3-10-29(26,27)28)13-4-6-15(16(23)11-13)19-20-17-7-5-14(12-18-17)22(24)25;;/h4-7,11-12,23H,2-3,8-10H2,1H3,(H,26,27,28);;. The van der Waals surface area contributed by atoms with Gasteiger partial charge < -0.3 is 10.0 Å². The van der Waals surface area contributed by atoms with Crippen LogP contribution in [0, 0.1) is 10.1 Å². The maximum atomic E-state index is 10.9. The molecular weight excluding hydrogens is 448 g/mol. The summed E-state index contributed by atoms with van der Waals surface area (Å²) in [6.07, 6.45) is 2.11. The largest absolute Gasteiger partial charge is 0.506 e. The van der Waals surface area contributed by atoms with Crippen LogP contribution in [0.1, 0.15) is 19.8 Å². The van der Waals surface area contributed by atoms with Gasteiger partial charge in [-0.05, 0) is 31.0 Å². The van der Waals surface area contributed by atoms with E-state index in [2.05, 4.69) is 15.2 Å². The van der Waals surface area contributed by atoms with Crippen LogP contribution in [0.25, 0.3) is 0 Å². The number of anilines is 1. The maximum absolute atomic E-state index is 10.9. The van der Waals surface area contributed by atoms with Gasteiger partial charge >= 0.3 is 0 Å². The van der Waals surface area contributed by atoms with Gasteiger partial charge in [0.2, 0.25) is 0 Å². The average molecular weight is 469 g/mol. The van der Waals surface area contributed by atoms with E-state index in [0.717, 1.165) is 12.6 Å². The zero-order valence-corrected chi connectivity index (χ0v) is 22.5. The first-order chi connectivity index (χ1) is 13.7. The number of pyridine rings is 1.